The highest BCUT2D eigenvalue weighted by atomic mass is 16.6. The number of carbonyl (C=O) groups excluding carboxylic acids is 2. The van der Waals surface area contributed by atoms with Gasteiger partial charge in [-0.25, -0.2) is 0 Å². The van der Waals surface area contributed by atoms with Crippen LogP contribution in [0.5, 0.6) is 0 Å². The van der Waals surface area contributed by atoms with Crippen molar-refractivity contribution < 1.29 is 44.6 Å². The molecule has 238 valence electrons. The number of ether oxygens (including phenoxy) is 2. The fraction of sp³-hybridized carbons (Fsp3) is 0.818. The molecule has 4 rings (SSSR count). The van der Waals surface area contributed by atoms with Crippen LogP contribution in [0.4, 0.5) is 0 Å². The van der Waals surface area contributed by atoms with Crippen LogP contribution in [0.25, 0.3) is 0 Å². The van der Waals surface area contributed by atoms with Crippen molar-refractivity contribution in [1.29, 1.82) is 0 Å². The van der Waals surface area contributed by atoms with Gasteiger partial charge in [0.15, 0.2) is 0 Å². The molecule has 0 saturated heterocycles. The van der Waals surface area contributed by atoms with Crippen LogP contribution in [0.3, 0.4) is 0 Å². The largest absolute Gasteiger partial charge is 0.465 e. The van der Waals surface area contributed by atoms with Crippen LogP contribution in [0.1, 0.15) is 87.0 Å². The lowest BCUT2D eigenvalue weighted by molar-refractivity contribution is -0.313. The average molecular weight is 593 g/mol. The summed E-state index contributed by atoms with van der Waals surface area (Å²) in [5.41, 5.74) is -6.09. The summed E-state index contributed by atoms with van der Waals surface area (Å²) in [6, 6.07) is 0. The zero-order valence-corrected chi connectivity index (χ0v) is 26.2. The number of hydrogen-bond donors (Lipinski definition) is 5. The minimum absolute atomic E-state index is 0.188. The molecule has 4 aliphatic carbocycles. The molecule has 0 spiro atoms. The van der Waals surface area contributed by atoms with Crippen molar-refractivity contribution in [3.63, 3.8) is 0 Å². The SMILES string of the molecule is CC[C@H](/C=C/[C@@H](C)[C@H]1CC[C@H]2C3=C[C@@H](O)[C@@]4(O)C[C@@H](O)[C@H](O)C[C@]4(COC(C)=O)[C@@]3(O)[C@H](OC(C)=O)C[C@]12C)C(C)C. The molecule has 0 radical (unpaired) electrons. The van der Waals surface area contributed by atoms with Gasteiger partial charge in [0.05, 0.1) is 17.6 Å². The Hall–Kier alpha value is -1.78. The smallest absolute Gasteiger partial charge is 0.303 e. The lowest BCUT2D eigenvalue weighted by Crippen LogP contribution is -2.80. The molecule has 4 aliphatic rings. The first kappa shape index (κ1) is 33.1. The first-order valence-corrected chi connectivity index (χ1v) is 15.7. The third kappa shape index (κ3) is 4.97. The van der Waals surface area contributed by atoms with Crippen molar-refractivity contribution >= 4 is 11.9 Å². The number of carbonyl (C=O) groups is 2. The van der Waals surface area contributed by atoms with Gasteiger partial charge in [-0.3, -0.25) is 9.59 Å². The third-order valence-electron chi connectivity index (χ3n) is 11.7. The zero-order chi connectivity index (χ0) is 31.4. The van der Waals surface area contributed by atoms with E-state index in [0.29, 0.717) is 23.8 Å². The maximum Gasteiger partial charge on any atom is 0.303 e. The summed E-state index contributed by atoms with van der Waals surface area (Å²) >= 11 is 0. The second kappa shape index (κ2) is 11.6. The van der Waals surface area contributed by atoms with Crippen molar-refractivity contribution in [3.8, 4) is 0 Å². The van der Waals surface area contributed by atoms with Gasteiger partial charge in [0, 0.05) is 20.3 Å². The van der Waals surface area contributed by atoms with Crippen LogP contribution in [-0.4, -0.2) is 79.7 Å². The zero-order valence-electron chi connectivity index (χ0n) is 26.2. The molecule has 0 heterocycles. The van der Waals surface area contributed by atoms with Crippen LogP contribution >= 0.6 is 0 Å². The van der Waals surface area contributed by atoms with Crippen LogP contribution in [-0.2, 0) is 19.1 Å². The highest BCUT2D eigenvalue weighted by Crippen LogP contribution is 2.69. The van der Waals surface area contributed by atoms with E-state index in [2.05, 4.69) is 46.8 Å². The van der Waals surface area contributed by atoms with Crippen LogP contribution in [0.2, 0.25) is 0 Å². The summed E-state index contributed by atoms with van der Waals surface area (Å²) in [5, 5.41) is 58.2. The van der Waals surface area contributed by atoms with Crippen molar-refractivity contribution in [2.75, 3.05) is 6.61 Å². The van der Waals surface area contributed by atoms with E-state index in [1.54, 1.807) is 0 Å². The molecular formula is C33H52O9. The summed E-state index contributed by atoms with van der Waals surface area (Å²) in [7, 11) is 0. The molecular weight excluding hydrogens is 540 g/mol. The average Bonchev–Trinajstić information content (AvgIpc) is 3.23. The molecule has 0 aliphatic heterocycles. The summed E-state index contributed by atoms with van der Waals surface area (Å²) < 4.78 is 11.4. The molecule has 12 atom stereocenters. The molecule has 0 aromatic carbocycles. The van der Waals surface area contributed by atoms with E-state index in [4.69, 9.17) is 9.47 Å². The van der Waals surface area contributed by atoms with E-state index in [9.17, 15) is 35.1 Å². The van der Waals surface area contributed by atoms with Crippen molar-refractivity contribution in [2.24, 2.45) is 40.4 Å². The van der Waals surface area contributed by atoms with Crippen molar-refractivity contribution in [1.82, 2.24) is 0 Å². The molecule has 0 amide bonds. The molecule has 0 unspecified atom stereocenters. The van der Waals surface area contributed by atoms with Crippen LogP contribution < -0.4 is 0 Å². The number of hydrogen-bond acceptors (Lipinski definition) is 9. The van der Waals surface area contributed by atoms with Crippen LogP contribution in [0.15, 0.2) is 23.8 Å². The Morgan fingerprint density at radius 2 is 1.64 bits per heavy atom. The van der Waals surface area contributed by atoms with E-state index in [0.717, 1.165) is 12.8 Å². The number of aliphatic hydroxyl groups is 5. The van der Waals surface area contributed by atoms with Gasteiger partial charge in [0.25, 0.3) is 0 Å². The second-order valence-corrected chi connectivity index (χ2v) is 14.3. The number of fused-ring (bicyclic) bond motifs is 5. The number of esters is 2. The topological polar surface area (TPSA) is 154 Å². The maximum absolute atomic E-state index is 13.0. The maximum atomic E-state index is 13.0. The third-order valence-corrected chi connectivity index (χ3v) is 11.7. The van der Waals surface area contributed by atoms with E-state index in [1.807, 2.05) is 0 Å². The van der Waals surface area contributed by atoms with Crippen molar-refractivity contribution in [2.45, 2.75) is 123 Å². The van der Waals surface area contributed by atoms with Gasteiger partial charge in [0.1, 0.15) is 30.0 Å². The molecule has 0 aromatic heterocycles. The molecule has 0 aromatic rings. The predicted octanol–water partition coefficient (Wildman–Crippen LogP) is 3.06. The van der Waals surface area contributed by atoms with Gasteiger partial charge in [-0.15, -0.1) is 0 Å². The van der Waals surface area contributed by atoms with Gasteiger partial charge in [-0.2, -0.15) is 0 Å². The van der Waals surface area contributed by atoms with Crippen LogP contribution in [0, 0.1) is 40.4 Å². The number of rotatable bonds is 8. The Morgan fingerprint density at radius 1 is 1.00 bits per heavy atom. The first-order chi connectivity index (χ1) is 19.5. The normalized spacial score (nSPS) is 44.5. The van der Waals surface area contributed by atoms with E-state index >= 15 is 0 Å². The Labute approximate surface area is 250 Å². The lowest BCUT2D eigenvalue weighted by atomic mass is 9.42. The summed E-state index contributed by atoms with van der Waals surface area (Å²) in [6.45, 7) is 12.9. The summed E-state index contributed by atoms with van der Waals surface area (Å²) in [4.78, 5) is 24.6. The molecule has 3 fully saturated rings. The molecule has 9 nitrogen and oxygen atoms in total. The first-order valence-electron chi connectivity index (χ1n) is 15.7. The van der Waals surface area contributed by atoms with E-state index < -0.39 is 71.4 Å². The Bertz CT molecular complexity index is 1100. The lowest BCUT2D eigenvalue weighted by Gasteiger charge is -2.67. The van der Waals surface area contributed by atoms with Gasteiger partial charge in [0.2, 0.25) is 0 Å². The minimum Gasteiger partial charge on any atom is -0.465 e. The fourth-order valence-electron chi connectivity index (χ4n) is 9.40. The second-order valence-electron chi connectivity index (χ2n) is 14.3. The number of allylic oxidation sites excluding steroid dienone is 2. The van der Waals surface area contributed by atoms with Crippen molar-refractivity contribution in [3.05, 3.63) is 23.8 Å². The predicted molar refractivity (Wildman–Crippen MR) is 156 cm³/mol. The Morgan fingerprint density at radius 3 is 2.21 bits per heavy atom. The standard InChI is InChI=1S/C33H52O9/c1-8-22(18(2)3)10-9-19(4)23-11-12-24-25-13-28(38)32(39)15-27(37)26(36)14-31(32,17-41-20(5)34)33(25,40)29(42-21(6)35)16-30(23,24)7/h9-10,13,18-19,22-24,26-29,36-40H,8,11-12,14-17H2,1-7H3/b10-9+/t19-,22-,23-,24+,26-,27-,28-,29-,30-,31-,32+,33+/m1/s1. The highest BCUT2D eigenvalue weighted by molar-refractivity contribution is 5.67. The summed E-state index contributed by atoms with van der Waals surface area (Å²) in [6.07, 6.45) is 2.68. The van der Waals surface area contributed by atoms with Gasteiger partial charge in [-0.1, -0.05) is 52.8 Å². The summed E-state index contributed by atoms with van der Waals surface area (Å²) in [5.74, 6) is -0.134. The number of aliphatic hydroxyl groups excluding tert-OH is 3. The molecule has 3 saturated carbocycles. The minimum atomic E-state index is -2.18. The Balaban J connectivity index is 1.86. The molecule has 5 N–H and O–H groups in total. The molecule has 42 heavy (non-hydrogen) atoms. The van der Waals surface area contributed by atoms with Gasteiger partial charge >= 0.3 is 11.9 Å². The molecule has 9 heteroatoms. The monoisotopic (exact) mass is 592 g/mol. The van der Waals surface area contributed by atoms with E-state index in [1.165, 1.54) is 19.9 Å². The highest BCUT2D eigenvalue weighted by Gasteiger charge is 2.77. The van der Waals surface area contributed by atoms with Gasteiger partial charge in [-0.05, 0) is 72.7 Å². The quantitative estimate of drug-likeness (QED) is 0.211. The fourth-order valence-corrected chi connectivity index (χ4v) is 9.40. The van der Waals surface area contributed by atoms with Gasteiger partial charge < -0.3 is 35.0 Å². The molecule has 0 bridgehead atoms. The Kier molecular flexibility index (Phi) is 9.16. The van der Waals surface area contributed by atoms with E-state index in [-0.39, 0.29) is 30.6 Å².